The summed E-state index contributed by atoms with van der Waals surface area (Å²) < 4.78 is 0.963. The van der Waals surface area contributed by atoms with Crippen molar-refractivity contribution in [2.24, 2.45) is 0 Å². The number of pyridine rings is 1. The molecule has 2 aromatic rings. The van der Waals surface area contributed by atoms with Crippen molar-refractivity contribution in [3.8, 4) is 0 Å². The van der Waals surface area contributed by atoms with Gasteiger partial charge in [-0.3, -0.25) is 9.78 Å². The average Bonchev–Trinajstić information content (AvgIpc) is 2.34. The van der Waals surface area contributed by atoms with Crippen LogP contribution >= 0.6 is 15.9 Å². The molecule has 18 heavy (non-hydrogen) atoms. The number of anilines is 1. The molecule has 1 heterocycles. The molecule has 0 saturated carbocycles. The number of carbonyl (C=O) groups excluding carboxylic acids is 1. The van der Waals surface area contributed by atoms with Crippen LogP contribution < -0.4 is 10.6 Å². The fourth-order valence-electron chi connectivity index (χ4n) is 1.71. The maximum atomic E-state index is 10.7. The minimum absolute atomic E-state index is 0.0169. The average molecular weight is 308 g/mol. The van der Waals surface area contributed by atoms with Gasteiger partial charge in [0.2, 0.25) is 5.91 Å². The summed E-state index contributed by atoms with van der Waals surface area (Å²) in [6.45, 7) is 2.79. The van der Waals surface area contributed by atoms with Crippen molar-refractivity contribution in [1.29, 1.82) is 0 Å². The third kappa shape index (κ3) is 3.20. The molecule has 0 aliphatic heterocycles. The van der Waals surface area contributed by atoms with E-state index >= 15 is 0 Å². The first-order chi connectivity index (χ1) is 8.66. The molecule has 1 aromatic carbocycles. The van der Waals surface area contributed by atoms with Crippen molar-refractivity contribution in [2.75, 3.05) is 18.4 Å². The molecular formula is C13H14BrN3O. The highest BCUT2D eigenvalue weighted by molar-refractivity contribution is 9.10. The summed E-state index contributed by atoms with van der Waals surface area (Å²) in [6, 6.07) is 8.02. The van der Waals surface area contributed by atoms with Crippen molar-refractivity contribution in [2.45, 2.75) is 6.92 Å². The quantitative estimate of drug-likeness (QED) is 0.854. The minimum atomic E-state index is -0.0169. The predicted molar refractivity (Wildman–Crippen MR) is 76.6 cm³/mol. The van der Waals surface area contributed by atoms with Gasteiger partial charge in [-0.15, -0.1) is 0 Å². The highest BCUT2D eigenvalue weighted by Gasteiger charge is 2.02. The number of para-hydroxylation sites is 1. The van der Waals surface area contributed by atoms with Crippen LogP contribution in [0.5, 0.6) is 0 Å². The van der Waals surface area contributed by atoms with E-state index in [1.807, 2.05) is 24.3 Å². The Morgan fingerprint density at radius 2 is 2.22 bits per heavy atom. The van der Waals surface area contributed by atoms with Crippen molar-refractivity contribution in [3.63, 3.8) is 0 Å². The molecule has 5 heteroatoms. The van der Waals surface area contributed by atoms with Gasteiger partial charge in [0.15, 0.2) is 0 Å². The van der Waals surface area contributed by atoms with Gasteiger partial charge >= 0.3 is 0 Å². The highest BCUT2D eigenvalue weighted by atomic mass is 79.9. The minimum Gasteiger partial charge on any atom is -0.382 e. The monoisotopic (exact) mass is 307 g/mol. The molecule has 94 valence electrons. The number of carbonyl (C=O) groups is 1. The van der Waals surface area contributed by atoms with Crippen LogP contribution in [0.1, 0.15) is 6.92 Å². The summed E-state index contributed by atoms with van der Waals surface area (Å²) in [6.07, 6.45) is 1.78. The number of aromatic nitrogens is 1. The summed E-state index contributed by atoms with van der Waals surface area (Å²) in [4.78, 5) is 15.1. The topological polar surface area (TPSA) is 54.0 Å². The first-order valence-electron chi connectivity index (χ1n) is 5.69. The number of nitrogens with one attached hydrogen (secondary N) is 2. The number of nitrogens with zero attached hydrogens (tertiary/aromatic N) is 1. The van der Waals surface area contributed by atoms with Crippen molar-refractivity contribution in [1.82, 2.24) is 10.3 Å². The van der Waals surface area contributed by atoms with E-state index in [-0.39, 0.29) is 5.91 Å². The normalized spacial score (nSPS) is 10.3. The number of hydrogen-bond donors (Lipinski definition) is 2. The van der Waals surface area contributed by atoms with Crippen LogP contribution in [0.2, 0.25) is 0 Å². The molecule has 0 atom stereocenters. The van der Waals surface area contributed by atoms with Crippen molar-refractivity contribution >= 4 is 38.4 Å². The predicted octanol–water partition coefficient (Wildman–Crippen LogP) is 2.55. The van der Waals surface area contributed by atoms with Gasteiger partial charge in [-0.25, -0.2) is 0 Å². The van der Waals surface area contributed by atoms with Crippen LogP contribution in [0, 0.1) is 0 Å². The van der Waals surface area contributed by atoms with Crippen LogP contribution in [0.25, 0.3) is 10.9 Å². The Kier molecular flexibility index (Phi) is 4.15. The third-order valence-corrected chi connectivity index (χ3v) is 2.93. The Morgan fingerprint density at radius 3 is 3.00 bits per heavy atom. The van der Waals surface area contributed by atoms with E-state index in [0.29, 0.717) is 13.1 Å². The summed E-state index contributed by atoms with van der Waals surface area (Å²) in [5.41, 5.74) is 1.91. The summed E-state index contributed by atoms with van der Waals surface area (Å²) in [7, 11) is 0. The van der Waals surface area contributed by atoms with Crippen LogP contribution in [0.15, 0.2) is 34.9 Å². The molecule has 1 aromatic heterocycles. The lowest BCUT2D eigenvalue weighted by atomic mass is 10.2. The summed E-state index contributed by atoms with van der Waals surface area (Å²) in [5, 5.41) is 7.09. The Bertz CT molecular complexity index is 571. The molecule has 0 radical (unpaired) electrons. The van der Waals surface area contributed by atoms with E-state index in [9.17, 15) is 4.79 Å². The molecule has 4 nitrogen and oxygen atoms in total. The van der Waals surface area contributed by atoms with Gasteiger partial charge in [-0.05, 0) is 28.1 Å². The van der Waals surface area contributed by atoms with Gasteiger partial charge in [-0.2, -0.15) is 0 Å². The maximum Gasteiger partial charge on any atom is 0.216 e. The summed E-state index contributed by atoms with van der Waals surface area (Å²) in [5.74, 6) is -0.0169. The number of benzene rings is 1. The van der Waals surface area contributed by atoms with E-state index in [2.05, 4.69) is 31.5 Å². The number of amides is 1. The highest BCUT2D eigenvalue weighted by Crippen LogP contribution is 2.23. The van der Waals surface area contributed by atoms with Gasteiger partial charge in [-0.1, -0.05) is 12.1 Å². The number of fused-ring (bicyclic) bond motifs is 1. The van der Waals surface area contributed by atoms with Crippen LogP contribution in [0.4, 0.5) is 5.69 Å². The van der Waals surface area contributed by atoms with Crippen LogP contribution in [0.3, 0.4) is 0 Å². The molecular weight excluding hydrogens is 294 g/mol. The Morgan fingerprint density at radius 1 is 1.39 bits per heavy atom. The first kappa shape index (κ1) is 12.8. The standard InChI is InChI=1S/C13H14BrN3O/c1-9(18)15-5-6-16-12-4-2-3-10-7-11(14)8-17-13(10)12/h2-4,7-8,16H,5-6H2,1H3,(H,15,18). The van der Waals surface area contributed by atoms with E-state index in [0.717, 1.165) is 21.1 Å². The van der Waals surface area contributed by atoms with E-state index < -0.39 is 0 Å². The molecule has 0 unspecified atom stereocenters. The second kappa shape index (κ2) is 5.82. The number of halogens is 1. The van der Waals surface area contributed by atoms with Crippen molar-refractivity contribution in [3.05, 3.63) is 34.9 Å². The van der Waals surface area contributed by atoms with Gasteiger partial charge in [0.05, 0.1) is 11.2 Å². The van der Waals surface area contributed by atoms with E-state index in [4.69, 9.17) is 0 Å². The zero-order chi connectivity index (χ0) is 13.0. The Hall–Kier alpha value is -1.62. The summed E-state index contributed by atoms with van der Waals surface area (Å²) >= 11 is 3.41. The molecule has 0 bridgehead atoms. The Labute approximate surface area is 114 Å². The molecule has 0 aliphatic rings. The molecule has 0 fully saturated rings. The molecule has 0 saturated heterocycles. The lowest BCUT2D eigenvalue weighted by Crippen LogP contribution is -2.26. The lowest BCUT2D eigenvalue weighted by molar-refractivity contribution is -0.118. The van der Waals surface area contributed by atoms with Gasteiger partial charge < -0.3 is 10.6 Å². The van der Waals surface area contributed by atoms with Gasteiger partial charge in [0.1, 0.15) is 0 Å². The fourth-order valence-corrected chi connectivity index (χ4v) is 2.06. The SMILES string of the molecule is CC(=O)NCCNc1cccc2cc(Br)cnc12. The molecule has 2 rings (SSSR count). The molecule has 1 amide bonds. The molecule has 0 aliphatic carbocycles. The van der Waals surface area contributed by atoms with Gasteiger partial charge in [0, 0.05) is 36.1 Å². The second-order valence-electron chi connectivity index (χ2n) is 3.94. The van der Waals surface area contributed by atoms with Crippen molar-refractivity contribution < 1.29 is 4.79 Å². The fraction of sp³-hybridized carbons (Fsp3) is 0.231. The number of hydrogen-bond acceptors (Lipinski definition) is 3. The zero-order valence-corrected chi connectivity index (χ0v) is 11.6. The Balaban J connectivity index is 2.11. The van der Waals surface area contributed by atoms with Crippen LogP contribution in [-0.2, 0) is 4.79 Å². The van der Waals surface area contributed by atoms with E-state index in [1.165, 1.54) is 6.92 Å². The lowest BCUT2D eigenvalue weighted by Gasteiger charge is -2.09. The number of rotatable bonds is 4. The van der Waals surface area contributed by atoms with Crippen LogP contribution in [-0.4, -0.2) is 24.0 Å². The zero-order valence-electron chi connectivity index (χ0n) is 10.0. The maximum absolute atomic E-state index is 10.7. The molecule has 0 spiro atoms. The first-order valence-corrected chi connectivity index (χ1v) is 6.49. The second-order valence-corrected chi connectivity index (χ2v) is 4.86. The van der Waals surface area contributed by atoms with Gasteiger partial charge in [0.25, 0.3) is 0 Å². The molecule has 2 N–H and O–H groups in total. The third-order valence-electron chi connectivity index (χ3n) is 2.49. The largest absolute Gasteiger partial charge is 0.382 e. The smallest absolute Gasteiger partial charge is 0.216 e. The van der Waals surface area contributed by atoms with E-state index in [1.54, 1.807) is 6.20 Å².